The van der Waals surface area contributed by atoms with E-state index < -0.39 is 79.8 Å². The highest BCUT2D eigenvalue weighted by atomic mass is 31.2. The fourth-order valence-electron chi connectivity index (χ4n) is 7.16. The van der Waals surface area contributed by atoms with Crippen molar-refractivity contribution in [2.75, 3.05) is 32.9 Å². The van der Waals surface area contributed by atoms with Crippen LogP contribution in [0.25, 0.3) is 0 Å². The summed E-state index contributed by atoms with van der Waals surface area (Å²) in [6.07, 6.45) is 8.39. The molecule has 0 aliphatic carbocycles. The lowest BCUT2D eigenvalue weighted by Gasteiger charge is -2.29. The number of amides is 6. The number of nitrogens with one attached hydrogen (secondary N) is 5. The molecule has 0 saturated heterocycles. The molecule has 5 atom stereocenters. The van der Waals surface area contributed by atoms with Gasteiger partial charge in [0.1, 0.15) is 24.2 Å². The first-order valence-electron chi connectivity index (χ1n) is 23.7. The van der Waals surface area contributed by atoms with Gasteiger partial charge in [-0.3, -0.25) is 33.3 Å². The van der Waals surface area contributed by atoms with Crippen LogP contribution in [-0.4, -0.2) is 140 Å². The Balaban J connectivity index is 2.20. The predicted molar refractivity (Wildman–Crippen MR) is 258 cm³/mol. The number of rotatable bonds is 34. The van der Waals surface area contributed by atoms with E-state index in [1.807, 2.05) is 66.7 Å². The number of benzene rings is 1. The molecule has 0 aliphatic rings. The summed E-state index contributed by atoms with van der Waals surface area (Å²) in [6, 6.07) is 4.21. The number of nitrogens with two attached hydrogens (primary N) is 1. The van der Waals surface area contributed by atoms with E-state index in [0.717, 1.165) is 45.4 Å². The summed E-state index contributed by atoms with van der Waals surface area (Å²) in [5.74, 6) is -5.12. The first kappa shape index (κ1) is 60.4. The number of primary amides is 1. The number of hydrogen-bond acceptors (Lipinski definition) is 12. The van der Waals surface area contributed by atoms with Crippen molar-refractivity contribution < 1.29 is 62.2 Å². The van der Waals surface area contributed by atoms with Crippen LogP contribution in [0.3, 0.4) is 0 Å². The molecule has 1 heterocycles. The van der Waals surface area contributed by atoms with Crippen LogP contribution >= 0.6 is 7.82 Å². The van der Waals surface area contributed by atoms with Gasteiger partial charge in [0.15, 0.2) is 0 Å². The highest BCUT2D eigenvalue weighted by molar-refractivity contribution is 7.46. The number of unbranched alkanes of at least 4 members (excludes halogenated alkanes) is 5. The fraction of sp³-hybridized carbons (Fsp3) is 0.681. The van der Waals surface area contributed by atoms with Gasteiger partial charge in [-0.25, -0.2) is 9.55 Å². The van der Waals surface area contributed by atoms with E-state index in [4.69, 9.17) is 15.2 Å². The molecule has 0 saturated carbocycles. The molecule has 5 unspecified atom stereocenters. The van der Waals surface area contributed by atoms with E-state index in [9.17, 15) is 48.2 Å². The molecule has 0 spiro atoms. The molecule has 2 aromatic rings. The zero-order valence-corrected chi connectivity index (χ0v) is 42.6. The Kier molecular flexibility index (Phi) is 26.3. The SMILES string of the molecule is CC(C)CC(NC(=O)CN(CCCCCCCCc1ccccc1)C(=O)CCOC(C)(C)CCOC(C)(C)C)C(=O)NC(Cc1cnc[nH]1)C(=O)NC(CO)C(=O)NC(C(N)=O)C(C)OP(=O)(O)O. The van der Waals surface area contributed by atoms with Crippen molar-refractivity contribution in [3.05, 3.63) is 54.1 Å². The Hall–Kier alpha value is -4.76. The maximum Gasteiger partial charge on any atom is 0.469 e. The minimum absolute atomic E-state index is 0.0207. The fourth-order valence-corrected chi connectivity index (χ4v) is 7.71. The van der Waals surface area contributed by atoms with Crippen LogP contribution in [0.4, 0.5) is 0 Å². The van der Waals surface area contributed by atoms with Gasteiger partial charge in [0.05, 0.1) is 49.8 Å². The number of nitrogens with zero attached hydrogens (tertiary/aromatic N) is 2. The number of ether oxygens (including phenoxy) is 2. The van der Waals surface area contributed by atoms with Crippen molar-refractivity contribution in [2.45, 2.75) is 167 Å². The second-order valence-electron chi connectivity index (χ2n) is 19.3. The highest BCUT2D eigenvalue weighted by Gasteiger charge is 2.35. The van der Waals surface area contributed by atoms with Crippen LogP contribution < -0.4 is 27.0 Å². The first-order chi connectivity index (χ1) is 32.3. The van der Waals surface area contributed by atoms with Gasteiger partial charge in [-0.05, 0) is 85.1 Å². The van der Waals surface area contributed by atoms with Crippen LogP contribution in [0, 0.1) is 5.92 Å². The van der Waals surface area contributed by atoms with E-state index in [1.54, 1.807) is 0 Å². The molecule has 1 aromatic heterocycles. The van der Waals surface area contributed by atoms with E-state index in [2.05, 4.69) is 47.9 Å². The number of H-pyrrole nitrogens is 1. The number of carbonyl (C=O) groups excluding carboxylic acids is 6. The number of aromatic amines is 1. The monoisotopic (exact) mass is 995 g/mol. The van der Waals surface area contributed by atoms with Crippen LogP contribution in [-0.2, 0) is 60.2 Å². The Bertz CT molecular complexity index is 1930. The third-order valence-electron chi connectivity index (χ3n) is 10.9. The quantitative estimate of drug-likeness (QED) is 0.0360. The van der Waals surface area contributed by atoms with Crippen LogP contribution in [0.5, 0.6) is 0 Å². The number of aromatic nitrogens is 2. The molecule has 1 aromatic carbocycles. The third kappa shape index (κ3) is 26.1. The van der Waals surface area contributed by atoms with Crippen molar-refractivity contribution in [2.24, 2.45) is 11.7 Å². The molecule has 0 radical (unpaired) electrons. The van der Waals surface area contributed by atoms with Gasteiger partial charge in [0.2, 0.25) is 35.4 Å². The summed E-state index contributed by atoms with van der Waals surface area (Å²) in [5.41, 5.74) is 6.16. The minimum atomic E-state index is -5.12. The number of aliphatic hydroxyl groups excluding tert-OH is 1. The summed E-state index contributed by atoms with van der Waals surface area (Å²) < 4.78 is 27.8. The van der Waals surface area contributed by atoms with Gasteiger partial charge in [-0.2, -0.15) is 0 Å². The first-order valence-corrected chi connectivity index (χ1v) is 25.2. The molecule has 0 bridgehead atoms. The molecule has 2 rings (SSSR count). The topological polar surface area (TPSA) is 314 Å². The van der Waals surface area contributed by atoms with Crippen molar-refractivity contribution in [3.63, 3.8) is 0 Å². The predicted octanol–water partition coefficient (Wildman–Crippen LogP) is 2.72. The molecular formula is C47H79N8O13P. The average molecular weight is 995 g/mol. The molecular weight excluding hydrogens is 916 g/mol. The van der Waals surface area contributed by atoms with E-state index >= 15 is 0 Å². The van der Waals surface area contributed by atoms with Gasteiger partial charge in [0.25, 0.3) is 0 Å². The smallest absolute Gasteiger partial charge is 0.394 e. The third-order valence-corrected chi connectivity index (χ3v) is 11.5. The lowest BCUT2D eigenvalue weighted by Crippen LogP contribution is -2.60. The number of phosphoric ester groups is 1. The molecule has 0 aliphatic heterocycles. The van der Waals surface area contributed by atoms with E-state index in [0.29, 0.717) is 31.7 Å². The Morgan fingerprint density at radius 1 is 0.812 bits per heavy atom. The molecule has 10 N–H and O–H groups in total. The van der Waals surface area contributed by atoms with Crippen molar-refractivity contribution in [3.8, 4) is 0 Å². The molecule has 69 heavy (non-hydrogen) atoms. The summed E-state index contributed by atoms with van der Waals surface area (Å²) in [5, 5.41) is 19.9. The highest BCUT2D eigenvalue weighted by Crippen LogP contribution is 2.38. The Morgan fingerprint density at radius 3 is 2.00 bits per heavy atom. The molecule has 21 nitrogen and oxygen atoms in total. The van der Waals surface area contributed by atoms with Crippen LogP contribution in [0.1, 0.15) is 124 Å². The van der Waals surface area contributed by atoms with Crippen LogP contribution in [0.2, 0.25) is 0 Å². The second kappa shape index (κ2) is 30.1. The van der Waals surface area contributed by atoms with Gasteiger partial charge in [-0.1, -0.05) is 69.9 Å². The molecule has 390 valence electrons. The van der Waals surface area contributed by atoms with Crippen molar-refractivity contribution in [1.82, 2.24) is 36.1 Å². The summed E-state index contributed by atoms with van der Waals surface area (Å²) in [6.45, 7) is 14.1. The zero-order valence-electron chi connectivity index (χ0n) is 41.7. The number of carbonyl (C=O) groups is 6. The van der Waals surface area contributed by atoms with Crippen molar-refractivity contribution in [1.29, 1.82) is 0 Å². The lowest BCUT2D eigenvalue weighted by molar-refractivity contribution is -0.139. The molecule has 0 fully saturated rings. The van der Waals surface area contributed by atoms with Gasteiger partial charge >= 0.3 is 7.82 Å². The van der Waals surface area contributed by atoms with E-state index in [1.165, 1.54) is 23.0 Å². The van der Waals surface area contributed by atoms with Gasteiger partial charge in [0, 0.05) is 31.5 Å². The average Bonchev–Trinajstić information content (AvgIpc) is 3.76. The number of aryl methyl sites for hydroxylation is 1. The van der Waals surface area contributed by atoms with Gasteiger partial charge < -0.3 is 61.3 Å². The van der Waals surface area contributed by atoms with E-state index in [-0.39, 0.29) is 49.8 Å². The molecule has 6 amide bonds. The summed E-state index contributed by atoms with van der Waals surface area (Å²) in [7, 11) is -5.12. The second-order valence-corrected chi connectivity index (χ2v) is 20.5. The number of phosphoric acid groups is 1. The number of hydrogen-bond donors (Lipinski definition) is 9. The number of imidazole rings is 1. The maximum atomic E-state index is 14.0. The number of aliphatic hydroxyl groups is 1. The molecule has 22 heteroatoms. The standard InChI is InChI=1S/C47H79N8O13P/c1-32(2)26-36(43(60)52-37(27-35-28-49-31-50-35)44(61)53-38(30-56)45(62)54-41(42(48)59)33(3)68-69(63,64)65)51-39(57)29-55(23-17-12-10-9-11-14-18-34-19-15-13-16-20-34)40(58)21-24-67-47(7,8)22-25-66-46(4,5)6/h13,15-16,19-20,28,31-33,36-38,41,56H,9-12,14,17-18,21-27,29-30H2,1-8H3,(H2,48,59)(H,49,50)(H,51,57)(H,52,60)(H,53,61)(H,54,62)(H2,63,64,65). The minimum Gasteiger partial charge on any atom is -0.394 e. The zero-order chi connectivity index (χ0) is 51.8. The lowest BCUT2D eigenvalue weighted by atomic mass is 10.0. The normalized spacial score (nSPS) is 14.3. The Morgan fingerprint density at radius 2 is 1.42 bits per heavy atom. The van der Waals surface area contributed by atoms with Crippen molar-refractivity contribution >= 4 is 43.3 Å². The maximum absolute atomic E-state index is 14.0. The summed E-state index contributed by atoms with van der Waals surface area (Å²) in [4.78, 5) is 107. The Labute approximate surface area is 406 Å². The summed E-state index contributed by atoms with van der Waals surface area (Å²) >= 11 is 0. The largest absolute Gasteiger partial charge is 0.469 e. The van der Waals surface area contributed by atoms with Crippen LogP contribution in [0.15, 0.2) is 42.9 Å². The van der Waals surface area contributed by atoms with Gasteiger partial charge in [-0.15, -0.1) is 0 Å².